The van der Waals surface area contributed by atoms with Gasteiger partial charge in [-0.15, -0.1) is 11.3 Å². The number of hydrogen-bond donors (Lipinski definition) is 0. The number of rotatable bonds is 6. The van der Waals surface area contributed by atoms with Gasteiger partial charge in [0.1, 0.15) is 0 Å². The van der Waals surface area contributed by atoms with Crippen LogP contribution < -0.4 is 0 Å². The first-order valence-corrected chi connectivity index (χ1v) is 11.5. The molecule has 0 atom stereocenters. The Balaban J connectivity index is 1.69. The number of piperidine rings is 1. The van der Waals surface area contributed by atoms with Gasteiger partial charge in [-0.2, -0.15) is 4.31 Å². The van der Waals surface area contributed by atoms with E-state index >= 15 is 0 Å². The zero-order valence-electron chi connectivity index (χ0n) is 14.4. The minimum absolute atomic E-state index is 0.0624. The molecule has 1 aliphatic heterocycles. The Morgan fingerprint density at radius 2 is 1.85 bits per heavy atom. The van der Waals surface area contributed by atoms with Crippen LogP contribution in [0.5, 0.6) is 0 Å². The summed E-state index contributed by atoms with van der Waals surface area (Å²) in [5.74, 6) is -1.04. The highest BCUT2D eigenvalue weighted by Crippen LogP contribution is 2.23. The molecule has 0 saturated carbocycles. The molecule has 0 spiro atoms. The van der Waals surface area contributed by atoms with Crippen molar-refractivity contribution in [2.75, 3.05) is 19.7 Å². The van der Waals surface area contributed by atoms with Gasteiger partial charge in [-0.1, -0.05) is 12.5 Å². The number of carbonyl (C=O) groups is 2. The summed E-state index contributed by atoms with van der Waals surface area (Å²) >= 11 is 4.53. The lowest BCUT2D eigenvalue weighted by Crippen LogP contribution is -2.35. The highest BCUT2D eigenvalue weighted by atomic mass is 79.9. The van der Waals surface area contributed by atoms with E-state index in [0.717, 1.165) is 23.0 Å². The van der Waals surface area contributed by atoms with Crippen LogP contribution in [0.2, 0.25) is 0 Å². The summed E-state index contributed by atoms with van der Waals surface area (Å²) in [7, 11) is -3.63. The van der Waals surface area contributed by atoms with E-state index in [9.17, 15) is 18.0 Å². The minimum Gasteiger partial charge on any atom is -0.454 e. The predicted octanol–water partition coefficient (Wildman–Crippen LogP) is 3.72. The van der Waals surface area contributed by atoms with Crippen LogP contribution in [0.3, 0.4) is 0 Å². The van der Waals surface area contributed by atoms with E-state index in [4.69, 9.17) is 4.74 Å². The SMILES string of the molecule is O=C(OCC(=O)c1ccc(Br)s1)c1cccc(S(=O)(=O)N2CCCCC2)c1. The largest absolute Gasteiger partial charge is 0.454 e. The molecule has 6 nitrogen and oxygen atoms in total. The van der Waals surface area contributed by atoms with Crippen LogP contribution >= 0.6 is 27.3 Å². The second-order valence-electron chi connectivity index (χ2n) is 6.10. The number of Topliss-reactive ketones (excluding diaryl/α,β-unsaturated/α-hetero) is 1. The molecule has 1 aromatic heterocycles. The molecular weight excluding hydrogens is 454 g/mol. The van der Waals surface area contributed by atoms with Gasteiger partial charge in [-0.3, -0.25) is 4.79 Å². The van der Waals surface area contributed by atoms with Crippen molar-refractivity contribution in [3.8, 4) is 0 Å². The molecule has 0 aliphatic carbocycles. The Labute approximate surface area is 170 Å². The molecule has 0 radical (unpaired) electrons. The average molecular weight is 472 g/mol. The first-order valence-electron chi connectivity index (χ1n) is 8.44. The summed E-state index contributed by atoms with van der Waals surface area (Å²) in [4.78, 5) is 24.8. The standard InChI is InChI=1S/C18H18BrNO5S2/c19-17-8-7-16(26-17)15(21)12-25-18(22)13-5-4-6-14(11-13)27(23,24)20-9-2-1-3-10-20/h4-8,11H,1-3,9-10,12H2. The summed E-state index contributed by atoms with van der Waals surface area (Å²) < 4.78 is 32.8. The third kappa shape index (κ3) is 4.84. The van der Waals surface area contributed by atoms with Crippen molar-refractivity contribution in [2.45, 2.75) is 24.2 Å². The Hall–Kier alpha value is -1.55. The Bertz CT molecular complexity index is 948. The fraction of sp³-hybridized carbons (Fsp3) is 0.333. The molecule has 1 aliphatic rings. The van der Waals surface area contributed by atoms with Crippen LogP contribution in [0.25, 0.3) is 0 Å². The van der Waals surface area contributed by atoms with Crippen molar-refractivity contribution in [3.63, 3.8) is 0 Å². The molecule has 2 heterocycles. The summed E-state index contributed by atoms with van der Waals surface area (Å²) in [5.41, 5.74) is 0.105. The fourth-order valence-corrected chi connectivity index (χ4v) is 5.66. The normalized spacial score (nSPS) is 15.4. The van der Waals surface area contributed by atoms with E-state index in [-0.39, 0.29) is 16.2 Å². The maximum atomic E-state index is 12.7. The van der Waals surface area contributed by atoms with E-state index < -0.39 is 22.6 Å². The van der Waals surface area contributed by atoms with Crippen LogP contribution in [-0.4, -0.2) is 44.2 Å². The monoisotopic (exact) mass is 471 g/mol. The topological polar surface area (TPSA) is 80.8 Å². The summed E-state index contributed by atoms with van der Waals surface area (Å²) in [6.07, 6.45) is 2.69. The number of benzene rings is 1. The number of ether oxygens (including phenoxy) is 1. The lowest BCUT2D eigenvalue weighted by Gasteiger charge is -2.25. The van der Waals surface area contributed by atoms with E-state index in [2.05, 4.69) is 15.9 Å². The van der Waals surface area contributed by atoms with E-state index in [1.807, 2.05) is 0 Å². The van der Waals surface area contributed by atoms with Crippen molar-refractivity contribution >= 4 is 49.0 Å². The molecule has 0 bridgehead atoms. The summed E-state index contributed by atoms with van der Waals surface area (Å²) in [6, 6.07) is 9.15. The number of ketones is 1. The van der Waals surface area contributed by atoms with Gasteiger partial charge in [0.05, 0.1) is 19.1 Å². The zero-order chi connectivity index (χ0) is 19.4. The highest BCUT2D eigenvalue weighted by Gasteiger charge is 2.26. The molecule has 144 valence electrons. The van der Waals surface area contributed by atoms with Gasteiger partial charge < -0.3 is 4.74 Å². The number of esters is 1. The number of hydrogen-bond acceptors (Lipinski definition) is 6. The number of thiophene rings is 1. The van der Waals surface area contributed by atoms with E-state index in [0.29, 0.717) is 18.0 Å². The van der Waals surface area contributed by atoms with Gasteiger partial charge in [0, 0.05) is 13.1 Å². The van der Waals surface area contributed by atoms with Crippen molar-refractivity contribution in [1.29, 1.82) is 0 Å². The lowest BCUT2D eigenvalue weighted by atomic mass is 10.2. The molecule has 1 aromatic carbocycles. The maximum absolute atomic E-state index is 12.7. The Morgan fingerprint density at radius 3 is 2.52 bits per heavy atom. The second-order valence-corrected chi connectivity index (χ2v) is 10.5. The number of sulfonamides is 1. The lowest BCUT2D eigenvalue weighted by molar-refractivity contribution is 0.0475. The van der Waals surface area contributed by atoms with Crippen LogP contribution in [-0.2, 0) is 14.8 Å². The first-order chi connectivity index (χ1) is 12.9. The predicted molar refractivity (Wildman–Crippen MR) is 106 cm³/mol. The molecule has 1 fully saturated rings. The minimum atomic E-state index is -3.63. The Morgan fingerprint density at radius 1 is 1.11 bits per heavy atom. The molecule has 0 amide bonds. The van der Waals surface area contributed by atoms with E-state index in [1.165, 1.54) is 39.9 Å². The maximum Gasteiger partial charge on any atom is 0.338 e. The summed E-state index contributed by atoms with van der Waals surface area (Å²) in [6.45, 7) is 0.582. The number of nitrogens with zero attached hydrogens (tertiary/aromatic N) is 1. The fourth-order valence-electron chi connectivity index (χ4n) is 2.79. The van der Waals surface area contributed by atoms with Gasteiger partial charge >= 0.3 is 5.97 Å². The van der Waals surface area contributed by atoms with Crippen LogP contribution in [0, 0.1) is 0 Å². The molecule has 1 saturated heterocycles. The second kappa shape index (κ2) is 8.64. The van der Waals surface area contributed by atoms with Crippen LogP contribution in [0.15, 0.2) is 45.1 Å². The van der Waals surface area contributed by atoms with Crippen molar-refractivity contribution in [1.82, 2.24) is 4.31 Å². The first kappa shape index (κ1) is 20.2. The van der Waals surface area contributed by atoms with Gasteiger partial charge in [-0.05, 0) is 59.1 Å². The molecule has 0 N–H and O–H groups in total. The Kier molecular flexibility index (Phi) is 6.46. The smallest absolute Gasteiger partial charge is 0.338 e. The van der Waals surface area contributed by atoms with Gasteiger partial charge in [0.15, 0.2) is 6.61 Å². The van der Waals surface area contributed by atoms with Crippen molar-refractivity contribution < 1.29 is 22.7 Å². The van der Waals surface area contributed by atoms with Crippen LogP contribution in [0.4, 0.5) is 0 Å². The molecule has 2 aromatic rings. The highest BCUT2D eigenvalue weighted by molar-refractivity contribution is 9.11. The molecular formula is C18H18BrNO5S2. The van der Waals surface area contributed by atoms with Crippen LogP contribution in [0.1, 0.15) is 39.3 Å². The third-order valence-electron chi connectivity index (χ3n) is 4.20. The number of carbonyl (C=O) groups excluding carboxylic acids is 2. The molecule has 27 heavy (non-hydrogen) atoms. The summed E-state index contributed by atoms with van der Waals surface area (Å²) in [5, 5.41) is 0. The average Bonchev–Trinajstić information content (AvgIpc) is 3.13. The molecule has 9 heteroatoms. The van der Waals surface area contributed by atoms with Crippen molar-refractivity contribution in [2.24, 2.45) is 0 Å². The number of halogens is 1. The van der Waals surface area contributed by atoms with Gasteiger partial charge in [0.25, 0.3) is 0 Å². The third-order valence-corrected chi connectivity index (χ3v) is 7.76. The zero-order valence-corrected chi connectivity index (χ0v) is 17.6. The van der Waals surface area contributed by atoms with E-state index in [1.54, 1.807) is 12.1 Å². The van der Waals surface area contributed by atoms with Crippen molar-refractivity contribution in [3.05, 3.63) is 50.6 Å². The quantitative estimate of drug-likeness (QED) is 0.473. The van der Waals surface area contributed by atoms with Gasteiger partial charge in [-0.25, -0.2) is 13.2 Å². The van der Waals surface area contributed by atoms with Gasteiger partial charge in [0.2, 0.25) is 15.8 Å². The molecule has 3 rings (SSSR count). The molecule has 0 unspecified atom stereocenters.